The summed E-state index contributed by atoms with van der Waals surface area (Å²) < 4.78 is 42.9. The van der Waals surface area contributed by atoms with Gasteiger partial charge in [0.25, 0.3) is 5.91 Å². The molecule has 2 N–H and O–H groups in total. The quantitative estimate of drug-likeness (QED) is 0.709. The number of carbonyl (C=O) groups is 1. The fourth-order valence-electron chi connectivity index (χ4n) is 2.35. The molecule has 0 aromatic carbocycles. The molecule has 0 saturated heterocycles. The largest absolute Gasteiger partial charge is 0.466 e. The lowest BCUT2D eigenvalue weighted by Crippen LogP contribution is -2.41. The minimum atomic E-state index is -4.58. The molecule has 3 aromatic heterocycles. The van der Waals surface area contributed by atoms with E-state index in [1.165, 1.54) is 17.6 Å². The van der Waals surface area contributed by atoms with E-state index in [-0.39, 0.29) is 17.9 Å². The van der Waals surface area contributed by atoms with Gasteiger partial charge in [-0.15, -0.1) is 0 Å². The highest BCUT2D eigenvalue weighted by atomic mass is 32.1. The Labute approximate surface area is 150 Å². The third-order valence-corrected chi connectivity index (χ3v) is 4.43. The fourth-order valence-corrected chi connectivity index (χ4v) is 3.08. The second-order valence-corrected chi connectivity index (χ2v) is 6.24. The van der Waals surface area contributed by atoms with Crippen molar-refractivity contribution < 1.29 is 27.5 Å². The SMILES string of the molecule is O=C(NC[C@@](O)(c1ccsc1)c1ccco1)c1ccc(C(F)(F)F)nc1. The van der Waals surface area contributed by atoms with Gasteiger partial charge < -0.3 is 14.8 Å². The van der Waals surface area contributed by atoms with Crippen LogP contribution in [0.15, 0.2) is 58.0 Å². The molecule has 0 spiro atoms. The molecule has 0 fully saturated rings. The molecule has 0 aliphatic heterocycles. The minimum Gasteiger partial charge on any atom is -0.466 e. The molecule has 1 amide bonds. The zero-order valence-corrected chi connectivity index (χ0v) is 14.0. The van der Waals surface area contributed by atoms with E-state index in [1.54, 1.807) is 29.0 Å². The third-order valence-electron chi connectivity index (χ3n) is 3.75. The Kier molecular flexibility index (Phi) is 4.84. The molecule has 0 radical (unpaired) electrons. The Morgan fingerprint density at radius 3 is 2.62 bits per heavy atom. The minimum absolute atomic E-state index is 0.0508. The van der Waals surface area contributed by atoms with Crippen molar-refractivity contribution in [1.82, 2.24) is 10.3 Å². The Balaban J connectivity index is 1.76. The van der Waals surface area contributed by atoms with Crippen LogP contribution in [0.4, 0.5) is 13.2 Å². The Hall–Kier alpha value is -2.65. The number of pyridine rings is 1. The van der Waals surface area contributed by atoms with Crippen molar-refractivity contribution >= 4 is 17.2 Å². The Morgan fingerprint density at radius 1 is 1.27 bits per heavy atom. The Bertz CT molecular complexity index is 826. The number of alkyl halides is 3. The molecule has 0 bridgehead atoms. The van der Waals surface area contributed by atoms with Gasteiger partial charge in [-0.25, -0.2) is 0 Å². The molecule has 0 aliphatic carbocycles. The summed E-state index contributed by atoms with van der Waals surface area (Å²) in [4.78, 5) is 15.5. The monoisotopic (exact) mass is 382 g/mol. The third kappa shape index (κ3) is 3.63. The lowest BCUT2D eigenvalue weighted by Gasteiger charge is -2.25. The number of furan rings is 1. The lowest BCUT2D eigenvalue weighted by molar-refractivity contribution is -0.141. The average Bonchev–Trinajstić information content (AvgIpc) is 3.32. The van der Waals surface area contributed by atoms with Gasteiger partial charge in [0.05, 0.1) is 18.4 Å². The first kappa shape index (κ1) is 18.2. The average molecular weight is 382 g/mol. The molecule has 136 valence electrons. The maximum atomic E-state index is 12.5. The molecule has 0 saturated carbocycles. The van der Waals surface area contributed by atoms with Crippen LogP contribution < -0.4 is 5.32 Å². The molecular weight excluding hydrogens is 369 g/mol. The molecule has 3 aromatic rings. The summed E-state index contributed by atoms with van der Waals surface area (Å²) in [6.45, 7) is -0.225. The van der Waals surface area contributed by atoms with Gasteiger partial charge in [0, 0.05) is 11.8 Å². The molecular formula is C17H13F3N2O3S. The topological polar surface area (TPSA) is 75.4 Å². The summed E-state index contributed by atoms with van der Waals surface area (Å²) >= 11 is 1.37. The zero-order chi connectivity index (χ0) is 18.8. The number of rotatable bonds is 5. The molecule has 1 atom stereocenters. The van der Waals surface area contributed by atoms with Crippen LogP contribution in [-0.2, 0) is 11.8 Å². The van der Waals surface area contributed by atoms with Gasteiger partial charge in [0.15, 0.2) is 5.60 Å². The summed E-state index contributed by atoms with van der Waals surface area (Å²) in [6, 6.07) is 6.63. The van der Waals surface area contributed by atoms with Crippen LogP contribution in [0.1, 0.15) is 27.4 Å². The van der Waals surface area contributed by atoms with Crippen molar-refractivity contribution in [3.8, 4) is 0 Å². The number of aromatic nitrogens is 1. The predicted octanol–water partition coefficient (Wildman–Crippen LogP) is 3.42. The van der Waals surface area contributed by atoms with Crippen molar-refractivity contribution in [2.75, 3.05) is 6.54 Å². The molecule has 26 heavy (non-hydrogen) atoms. The van der Waals surface area contributed by atoms with E-state index in [9.17, 15) is 23.1 Å². The molecule has 9 heteroatoms. The zero-order valence-electron chi connectivity index (χ0n) is 13.2. The van der Waals surface area contributed by atoms with Crippen LogP contribution in [0.5, 0.6) is 0 Å². The van der Waals surface area contributed by atoms with Crippen LogP contribution in [-0.4, -0.2) is 22.5 Å². The van der Waals surface area contributed by atoms with Gasteiger partial charge in [-0.2, -0.15) is 24.5 Å². The number of thiophene rings is 1. The van der Waals surface area contributed by atoms with E-state index in [0.29, 0.717) is 5.56 Å². The highest BCUT2D eigenvalue weighted by Gasteiger charge is 2.36. The van der Waals surface area contributed by atoms with Gasteiger partial charge in [-0.05, 0) is 41.1 Å². The molecule has 5 nitrogen and oxygen atoms in total. The fraction of sp³-hybridized carbons (Fsp3) is 0.176. The maximum absolute atomic E-state index is 12.5. The van der Waals surface area contributed by atoms with Gasteiger partial charge in [-0.1, -0.05) is 0 Å². The van der Waals surface area contributed by atoms with Crippen LogP contribution in [0.2, 0.25) is 0 Å². The first-order valence-electron chi connectivity index (χ1n) is 7.41. The summed E-state index contributed by atoms with van der Waals surface area (Å²) in [6.07, 6.45) is -2.34. The number of nitrogens with one attached hydrogen (secondary N) is 1. The second kappa shape index (κ2) is 6.93. The van der Waals surface area contributed by atoms with Gasteiger partial charge >= 0.3 is 6.18 Å². The predicted molar refractivity (Wildman–Crippen MR) is 87.6 cm³/mol. The van der Waals surface area contributed by atoms with Gasteiger partial charge in [-0.3, -0.25) is 9.78 Å². The van der Waals surface area contributed by atoms with E-state index >= 15 is 0 Å². The van der Waals surface area contributed by atoms with Crippen molar-refractivity contribution in [1.29, 1.82) is 0 Å². The summed E-state index contributed by atoms with van der Waals surface area (Å²) in [5, 5.41) is 17.0. The lowest BCUT2D eigenvalue weighted by atomic mass is 9.93. The summed E-state index contributed by atoms with van der Waals surface area (Å²) in [5.41, 5.74) is -2.20. The number of hydrogen-bond donors (Lipinski definition) is 2. The standard InChI is InChI=1S/C17H13F3N2O3S/c18-17(19,20)13-4-3-11(8-21-13)15(23)22-10-16(24,12-5-7-26-9-12)14-2-1-6-25-14/h1-9,24H,10H2,(H,22,23)/t16-/m1/s1. The maximum Gasteiger partial charge on any atom is 0.433 e. The van der Waals surface area contributed by atoms with Crippen LogP contribution in [0, 0.1) is 0 Å². The highest BCUT2D eigenvalue weighted by Crippen LogP contribution is 2.31. The number of aliphatic hydroxyl groups is 1. The van der Waals surface area contributed by atoms with Crippen LogP contribution >= 0.6 is 11.3 Å². The van der Waals surface area contributed by atoms with E-state index in [2.05, 4.69) is 10.3 Å². The number of nitrogens with zero attached hydrogens (tertiary/aromatic N) is 1. The molecule has 0 aliphatic rings. The van der Waals surface area contributed by atoms with Gasteiger partial charge in [0.1, 0.15) is 11.5 Å². The normalized spacial score (nSPS) is 14.0. The molecule has 3 heterocycles. The van der Waals surface area contributed by atoms with Crippen molar-refractivity contribution in [3.05, 3.63) is 76.1 Å². The first-order chi connectivity index (χ1) is 12.3. The van der Waals surface area contributed by atoms with E-state index in [4.69, 9.17) is 4.42 Å². The number of amides is 1. The summed E-state index contributed by atoms with van der Waals surface area (Å²) in [5.74, 6) is -0.423. The van der Waals surface area contributed by atoms with Crippen molar-refractivity contribution in [2.45, 2.75) is 11.8 Å². The van der Waals surface area contributed by atoms with Gasteiger partial charge in [0.2, 0.25) is 0 Å². The first-order valence-corrected chi connectivity index (χ1v) is 8.35. The van der Waals surface area contributed by atoms with Crippen molar-refractivity contribution in [3.63, 3.8) is 0 Å². The van der Waals surface area contributed by atoms with Crippen LogP contribution in [0.3, 0.4) is 0 Å². The van der Waals surface area contributed by atoms with E-state index in [1.807, 2.05) is 0 Å². The number of carbonyl (C=O) groups excluding carboxylic acids is 1. The molecule has 0 unspecified atom stereocenters. The summed E-state index contributed by atoms with van der Waals surface area (Å²) in [7, 11) is 0. The second-order valence-electron chi connectivity index (χ2n) is 5.46. The van der Waals surface area contributed by atoms with Crippen molar-refractivity contribution in [2.24, 2.45) is 0 Å². The number of hydrogen-bond acceptors (Lipinski definition) is 5. The number of halogens is 3. The highest BCUT2D eigenvalue weighted by molar-refractivity contribution is 7.08. The Morgan fingerprint density at radius 2 is 2.08 bits per heavy atom. The smallest absolute Gasteiger partial charge is 0.433 e. The van der Waals surface area contributed by atoms with E-state index in [0.717, 1.165) is 18.3 Å². The molecule has 3 rings (SSSR count). The van der Waals surface area contributed by atoms with Crippen LogP contribution in [0.25, 0.3) is 0 Å². The van der Waals surface area contributed by atoms with E-state index < -0.39 is 23.4 Å².